The number of methoxy groups -OCH3 is 1. The maximum absolute atomic E-state index is 9.63. The van der Waals surface area contributed by atoms with Gasteiger partial charge in [0.15, 0.2) is 0 Å². The number of para-hydroxylation sites is 1. The third-order valence-corrected chi connectivity index (χ3v) is 4.10. The maximum atomic E-state index is 9.63. The van der Waals surface area contributed by atoms with Gasteiger partial charge in [0.25, 0.3) is 0 Å². The van der Waals surface area contributed by atoms with Gasteiger partial charge in [-0.25, -0.2) is 0 Å². The van der Waals surface area contributed by atoms with Crippen LogP contribution in [0.15, 0.2) is 46.9 Å². The molecule has 0 bridgehead atoms. The van der Waals surface area contributed by atoms with Crippen molar-refractivity contribution in [1.82, 2.24) is 0 Å². The van der Waals surface area contributed by atoms with E-state index >= 15 is 0 Å². The predicted molar refractivity (Wildman–Crippen MR) is 89.9 cm³/mol. The molecule has 2 aromatic carbocycles. The van der Waals surface area contributed by atoms with Crippen molar-refractivity contribution >= 4 is 21.6 Å². The fourth-order valence-electron chi connectivity index (χ4n) is 2.27. The Bertz CT molecular complexity index is 613. The van der Waals surface area contributed by atoms with Crippen LogP contribution < -0.4 is 9.64 Å². The van der Waals surface area contributed by atoms with Crippen molar-refractivity contribution in [2.45, 2.75) is 19.6 Å². The van der Waals surface area contributed by atoms with Crippen LogP contribution in [0.1, 0.15) is 24.2 Å². The molecule has 1 atom stereocenters. The normalized spacial score (nSPS) is 12.0. The Labute approximate surface area is 134 Å². The Morgan fingerprint density at radius 1 is 1.24 bits per heavy atom. The Hall–Kier alpha value is -1.52. The highest BCUT2D eigenvalue weighted by molar-refractivity contribution is 9.10. The van der Waals surface area contributed by atoms with Gasteiger partial charge in [0.1, 0.15) is 5.75 Å². The smallest absolute Gasteiger partial charge is 0.123 e. The van der Waals surface area contributed by atoms with Crippen LogP contribution in [0.5, 0.6) is 5.75 Å². The Balaban J connectivity index is 2.22. The van der Waals surface area contributed by atoms with E-state index in [4.69, 9.17) is 4.74 Å². The molecule has 0 aliphatic carbocycles. The van der Waals surface area contributed by atoms with Gasteiger partial charge in [-0.1, -0.05) is 24.3 Å². The van der Waals surface area contributed by atoms with Crippen molar-refractivity contribution in [3.05, 3.63) is 58.1 Å². The Morgan fingerprint density at radius 2 is 1.95 bits per heavy atom. The molecule has 0 aliphatic rings. The molecular weight excluding hydrogens is 330 g/mol. The van der Waals surface area contributed by atoms with Crippen LogP contribution in [0, 0.1) is 0 Å². The minimum absolute atomic E-state index is 0.463. The van der Waals surface area contributed by atoms with Crippen LogP contribution in [0.2, 0.25) is 0 Å². The van der Waals surface area contributed by atoms with Crippen LogP contribution >= 0.6 is 15.9 Å². The van der Waals surface area contributed by atoms with Gasteiger partial charge >= 0.3 is 0 Å². The number of nitrogens with zero attached hydrogens (tertiary/aromatic N) is 1. The zero-order chi connectivity index (χ0) is 15.4. The van der Waals surface area contributed by atoms with E-state index in [2.05, 4.69) is 26.9 Å². The van der Waals surface area contributed by atoms with E-state index in [1.54, 1.807) is 14.0 Å². The van der Waals surface area contributed by atoms with Gasteiger partial charge in [-0.05, 0) is 46.6 Å². The summed E-state index contributed by atoms with van der Waals surface area (Å²) in [5.41, 5.74) is 3.11. The standard InChI is InChI=1S/C17H20BrNO2/c1-12(20)13-8-9-16(15(18)10-13)19(2)11-14-6-4-5-7-17(14)21-3/h4-10,12,20H,11H2,1-3H3/t12-/m0/s1. The molecule has 0 fully saturated rings. The van der Waals surface area contributed by atoms with Gasteiger partial charge in [0, 0.05) is 23.6 Å². The van der Waals surface area contributed by atoms with Crippen molar-refractivity contribution in [2.24, 2.45) is 0 Å². The molecule has 0 radical (unpaired) electrons. The molecule has 3 nitrogen and oxygen atoms in total. The highest BCUT2D eigenvalue weighted by Crippen LogP contribution is 2.30. The van der Waals surface area contributed by atoms with Crippen molar-refractivity contribution in [3.8, 4) is 5.75 Å². The molecule has 0 aromatic heterocycles. The summed E-state index contributed by atoms with van der Waals surface area (Å²) in [5.74, 6) is 0.890. The molecule has 112 valence electrons. The zero-order valence-electron chi connectivity index (χ0n) is 12.5. The number of hydrogen-bond acceptors (Lipinski definition) is 3. The van der Waals surface area contributed by atoms with Crippen molar-refractivity contribution in [2.75, 3.05) is 19.1 Å². The van der Waals surface area contributed by atoms with E-state index in [1.807, 2.05) is 43.4 Å². The van der Waals surface area contributed by atoms with Gasteiger partial charge in [-0.2, -0.15) is 0 Å². The highest BCUT2D eigenvalue weighted by atomic mass is 79.9. The highest BCUT2D eigenvalue weighted by Gasteiger charge is 2.11. The first kappa shape index (κ1) is 15.9. The fourth-order valence-corrected chi connectivity index (χ4v) is 2.97. The fraction of sp³-hybridized carbons (Fsp3) is 0.294. The minimum atomic E-state index is -0.463. The molecule has 0 amide bonds. The summed E-state index contributed by atoms with van der Waals surface area (Å²) in [6, 6.07) is 13.9. The lowest BCUT2D eigenvalue weighted by molar-refractivity contribution is 0.199. The summed E-state index contributed by atoms with van der Waals surface area (Å²) in [6.07, 6.45) is -0.463. The lowest BCUT2D eigenvalue weighted by Crippen LogP contribution is -2.17. The van der Waals surface area contributed by atoms with E-state index in [9.17, 15) is 5.11 Å². The largest absolute Gasteiger partial charge is 0.496 e. The summed E-state index contributed by atoms with van der Waals surface area (Å²) in [4.78, 5) is 2.15. The molecule has 0 saturated carbocycles. The topological polar surface area (TPSA) is 32.7 Å². The monoisotopic (exact) mass is 349 g/mol. The summed E-state index contributed by atoms with van der Waals surface area (Å²) in [7, 11) is 3.72. The number of ether oxygens (including phenoxy) is 1. The van der Waals surface area contributed by atoms with Gasteiger partial charge in [-0.3, -0.25) is 0 Å². The number of aliphatic hydroxyl groups excluding tert-OH is 1. The molecule has 0 saturated heterocycles. The molecule has 2 rings (SSSR count). The number of hydrogen-bond donors (Lipinski definition) is 1. The average molecular weight is 350 g/mol. The molecule has 0 heterocycles. The van der Waals surface area contributed by atoms with Crippen molar-refractivity contribution < 1.29 is 9.84 Å². The molecule has 2 aromatic rings. The molecular formula is C17H20BrNO2. The first-order chi connectivity index (χ1) is 10.0. The van der Waals surface area contributed by atoms with Gasteiger partial charge in [0.05, 0.1) is 18.9 Å². The second kappa shape index (κ2) is 6.96. The average Bonchev–Trinajstić information content (AvgIpc) is 2.47. The second-order valence-corrected chi connectivity index (χ2v) is 5.91. The van der Waals surface area contributed by atoms with Crippen LogP contribution in [0.3, 0.4) is 0 Å². The van der Waals surface area contributed by atoms with Gasteiger partial charge in [-0.15, -0.1) is 0 Å². The number of anilines is 1. The first-order valence-electron chi connectivity index (χ1n) is 6.83. The number of aliphatic hydroxyl groups is 1. The third kappa shape index (κ3) is 3.77. The van der Waals surface area contributed by atoms with E-state index in [0.717, 1.165) is 33.6 Å². The Morgan fingerprint density at radius 3 is 2.57 bits per heavy atom. The van der Waals surface area contributed by atoms with Crippen LogP contribution in [0.4, 0.5) is 5.69 Å². The summed E-state index contributed by atoms with van der Waals surface area (Å²) in [5, 5.41) is 9.63. The molecule has 0 spiro atoms. The van der Waals surface area contributed by atoms with E-state index < -0.39 is 6.10 Å². The lowest BCUT2D eigenvalue weighted by Gasteiger charge is -2.22. The lowest BCUT2D eigenvalue weighted by atomic mass is 10.1. The number of halogens is 1. The quantitative estimate of drug-likeness (QED) is 0.880. The zero-order valence-corrected chi connectivity index (χ0v) is 14.1. The van der Waals surface area contributed by atoms with Gasteiger partial charge in [0.2, 0.25) is 0 Å². The van der Waals surface area contributed by atoms with Gasteiger partial charge < -0.3 is 14.7 Å². The maximum Gasteiger partial charge on any atom is 0.123 e. The van der Waals surface area contributed by atoms with Crippen LogP contribution in [0.25, 0.3) is 0 Å². The van der Waals surface area contributed by atoms with E-state index in [-0.39, 0.29) is 0 Å². The Kier molecular flexibility index (Phi) is 5.26. The molecule has 0 aliphatic heterocycles. The molecule has 0 unspecified atom stereocenters. The SMILES string of the molecule is COc1ccccc1CN(C)c1ccc([C@H](C)O)cc1Br. The van der Waals surface area contributed by atoms with Crippen molar-refractivity contribution in [3.63, 3.8) is 0 Å². The van der Waals surface area contributed by atoms with E-state index in [1.165, 1.54) is 0 Å². The van der Waals surface area contributed by atoms with Crippen LogP contribution in [-0.2, 0) is 6.54 Å². The minimum Gasteiger partial charge on any atom is -0.496 e. The first-order valence-corrected chi connectivity index (χ1v) is 7.62. The number of benzene rings is 2. The van der Waals surface area contributed by atoms with E-state index in [0.29, 0.717) is 0 Å². The number of rotatable bonds is 5. The van der Waals surface area contributed by atoms with Crippen molar-refractivity contribution in [1.29, 1.82) is 0 Å². The van der Waals surface area contributed by atoms with Crippen LogP contribution in [-0.4, -0.2) is 19.3 Å². The molecule has 1 N–H and O–H groups in total. The summed E-state index contributed by atoms with van der Waals surface area (Å²) >= 11 is 3.58. The molecule has 21 heavy (non-hydrogen) atoms. The summed E-state index contributed by atoms with van der Waals surface area (Å²) < 4.78 is 6.36. The predicted octanol–water partition coefficient (Wildman–Crippen LogP) is 4.15. The second-order valence-electron chi connectivity index (χ2n) is 5.05. The summed E-state index contributed by atoms with van der Waals surface area (Å²) in [6.45, 7) is 2.51. The molecule has 4 heteroatoms. The third-order valence-electron chi connectivity index (χ3n) is 3.47.